The fraction of sp³-hybridized carbons (Fsp3) is 0.588. The quantitative estimate of drug-likeness (QED) is 0.872. The lowest BCUT2D eigenvalue weighted by atomic mass is 9.95. The van der Waals surface area contributed by atoms with Crippen molar-refractivity contribution in [2.75, 3.05) is 19.6 Å². The van der Waals surface area contributed by atoms with Crippen LogP contribution in [-0.4, -0.2) is 36.5 Å². The summed E-state index contributed by atoms with van der Waals surface area (Å²) >= 11 is 0. The van der Waals surface area contributed by atoms with Gasteiger partial charge in [0.25, 0.3) is 0 Å². The molecule has 3 rings (SSSR count). The molecule has 1 unspecified atom stereocenters. The third-order valence-corrected chi connectivity index (χ3v) is 4.70. The van der Waals surface area contributed by atoms with E-state index in [0.29, 0.717) is 12.1 Å². The van der Waals surface area contributed by atoms with Crippen molar-refractivity contribution in [3.8, 4) is 0 Å². The van der Waals surface area contributed by atoms with Gasteiger partial charge in [-0.1, -0.05) is 24.3 Å². The van der Waals surface area contributed by atoms with Crippen LogP contribution in [0.2, 0.25) is 0 Å². The molecule has 2 heterocycles. The fourth-order valence-corrected chi connectivity index (χ4v) is 3.66. The van der Waals surface area contributed by atoms with Crippen LogP contribution in [0.3, 0.4) is 0 Å². The highest BCUT2D eigenvalue weighted by Crippen LogP contribution is 2.31. The number of carbonyl (C=O) groups is 1. The van der Waals surface area contributed by atoms with E-state index in [-0.39, 0.29) is 5.91 Å². The van der Waals surface area contributed by atoms with Crippen molar-refractivity contribution in [3.63, 3.8) is 0 Å². The van der Waals surface area contributed by atoms with Crippen molar-refractivity contribution in [3.05, 3.63) is 35.4 Å². The van der Waals surface area contributed by atoms with Gasteiger partial charge in [0.05, 0.1) is 0 Å². The maximum Gasteiger partial charge on any atom is 0.217 e. The zero-order valence-electron chi connectivity index (χ0n) is 12.8. The van der Waals surface area contributed by atoms with Crippen LogP contribution in [0.5, 0.6) is 0 Å². The van der Waals surface area contributed by atoms with Crippen molar-refractivity contribution in [2.45, 2.75) is 44.8 Å². The second kappa shape index (κ2) is 6.58. The van der Waals surface area contributed by atoms with Gasteiger partial charge in [0.1, 0.15) is 0 Å². The van der Waals surface area contributed by atoms with Crippen molar-refractivity contribution in [1.29, 1.82) is 0 Å². The summed E-state index contributed by atoms with van der Waals surface area (Å²) < 4.78 is 0. The number of benzene rings is 1. The second-order valence-electron chi connectivity index (χ2n) is 6.19. The highest BCUT2D eigenvalue weighted by Gasteiger charge is 2.28. The van der Waals surface area contributed by atoms with Crippen LogP contribution in [-0.2, 0) is 11.3 Å². The molecule has 4 nitrogen and oxygen atoms in total. The molecule has 0 aromatic heterocycles. The number of carbonyl (C=O) groups excluding carboxylic acids is 1. The average Bonchev–Trinajstić information content (AvgIpc) is 2.70. The van der Waals surface area contributed by atoms with Gasteiger partial charge in [-0.25, -0.2) is 0 Å². The van der Waals surface area contributed by atoms with E-state index in [9.17, 15) is 4.79 Å². The molecule has 0 aliphatic carbocycles. The summed E-state index contributed by atoms with van der Waals surface area (Å²) in [6.07, 6.45) is 3.29. The highest BCUT2D eigenvalue weighted by atomic mass is 16.1. The van der Waals surface area contributed by atoms with Crippen molar-refractivity contribution >= 4 is 5.91 Å². The third kappa shape index (κ3) is 3.44. The molecule has 21 heavy (non-hydrogen) atoms. The Bertz CT molecular complexity index is 495. The minimum Gasteiger partial charge on any atom is -0.354 e. The lowest BCUT2D eigenvalue weighted by Crippen LogP contribution is -2.45. The molecule has 1 saturated heterocycles. The van der Waals surface area contributed by atoms with Crippen molar-refractivity contribution in [2.24, 2.45) is 0 Å². The number of hydrogen-bond acceptors (Lipinski definition) is 3. The molecule has 0 radical (unpaired) electrons. The molecular formula is C17H25N3O. The van der Waals surface area contributed by atoms with E-state index in [4.69, 9.17) is 0 Å². The minimum atomic E-state index is 0.0949. The molecule has 1 atom stereocenters. The molecule has 1 aromatic rings. The average molecular weight is 287 g/mol. The van der Waals surface area contributed by atoms with E-state index in [1.807, 2.05) is 0 Å². The molecule has 114 valence electrons. The van der Waals surface area contributed by atoms with Crippen LogP contribution in [0, 0.1) is 0 Å². The van der Waals surface area contributed by atoms with E-state index in [1.165, 1.54) is 17.5 Å². The van der Waals surface area contributed by atoms with E-state index in [2.05, 4.69) is 39.8 Å². The van der Waals surface area contributed by atoms with Crippen LogP contribution in [0.15, 0.2) is 24.3 Å². The molecule has 1 amide bonds. The third-order valence-electron chi connectivity index (χ3n) is 4.70. The Hall–Kier alpha value is -1.39. The Balaban J connectivity index is 1.69. The number of rotatable bonds is 2. The fourth-order valence-electron chi connectivity index (χ4n) is 3.66. The van der Waals surface area contributed by atoms with E-state index in [1.54, 1.807) is 6.92 Å². The zero-order chi connectivity index (χ0) is 14.7. The second-order valence-corrected chi connectivity index (χ2v) is 6.19. The molecule has 1 fully saturated rings. The largest absolute Gasteiger partial charge is 0.354 e. The topological polar surface area (TPSA) is 44.4 Å². The van der Waals surface area contributed by atoms with Crippen LogP contribution in [0.25, 0.3) is 0 Å². The zero-order valence-corrected chi connectivity index (χ0v) is 12.8. The normalized spacial score (nSPS) is 24.1. The maximum absolute atomic E-state index is 11.2. The number of fused-ring (bicyclic) bond motifs is 1. The van der Waals surface area contributed by atoms with Gasteiger partial charge in [-0.15, -0.1) is 0 Å². The highest BCUT2D eigenvalue weighted by molar-refractivity contribution is 5.73. The van der Waals surface area contributed by atoms with E-state index < -0.39 is 0 Å². The summed E-state index contributed by atoms with van der Waals surface area (Å²) in [4.78, 5) is 13.8. The maximum atomic E-state index is 11.2. The Morgan fingerprint density at radius 1 is 1.24 bits per heavy atom. The first kappa shape index (κ1) is 14.5. The predicted molar refractivity (Wildman–Crippen MR) is 83.9 cm³/mol. The smallest absolute Gasteiger partial charge is 0.217 e. The van der Waals surface area contributed by atoms with Crippen molar-refractivity contribution < 1.29 is 4.79 Å². The van der Waals surface area contributed by atoms with Crippen LogP contribution >= 0.6 is 0 Å². The van der Waals surface area contributed by atoms with Gasteiger partial charge in [-0.3, -0.25) is 9.69 Å². The summed E-state index contributed by atoms with van der Waals surface area (Å²) in [5.74, 6) is 0.0949. The van der Waals surface area contributed by atoms with Gasteiger partial charge >= 0.3 is 0 Å². The first-order valence-corrected chi connectivity index (χ1v) is 8.03. The lowest BCUT2D eigenvalue weighted by Gasteiger charge is -2.38. The number of nitrogens with one attached hydrogen (secondary N) is 2. The van der Waals surface area contributed by atoms with Gasteiger partial charge in [-0.05, 0) is 36.9 Å². The number of piperidine rings is 1. The minimum absolute atomic E-state index is 0.0949. The molecule has 0 bridgehead atoms. The van der Waals surface area contributed by atoms with Gasteiger partial charge in [0.15, 0.2) is 0 Å². The Labute approximate surface area is 126 Å². The summed E-state index contributed by atoms with van der Waals surface area (Å²) in [6, 6.07) is 9.69. The number of likely N-dealkylation sites (tertiary alicyclic amines) is 1. The van der Waals surface area contributed by atoms with Gasteiger partial charge < -0.3 is 10.6 Å². The summed E-state index contributed by atoms with van der Waals surface area (Å²) in [7, 11) is 0. The molecule has 2 aliphatic rings. The first-order chi connectivity index (χ1) is 10.2. The SMILES string of the molecule is CC(=O)NC1CCN(C2CCNCc3ccccc32)CC1. The monoisotopic (exact) mass is 287 g/mol. The Morgan fingerprint density at radius 3 is 2.76 bits per heavy atom. The Morgan fingerprint density at radius 2 is 2.00 bits per heavy atom. The van der Waals surface area contributed by atoms with Crippen LogP contribution in [0.1, 0.15) is 43.4 Å². The number of nitrogens with zero attached hydrogens (tertiary/aromatic N) is 1. The molecular weight excluding hydrogens is 262 g/mol. The summed E-state index contributed by atoms with van der Waals surface area (Å²) in [6.45, 7) is 5.81. The molecule has 2 aliphatic heterocycles. The van der Waals surface area contributed by atoms with E-state index in [0.717, 1.165) is 39.0 Å². The number of amides is 1. The molecule has 0 saturated carbocycles. The predicted octanol–water partition coefficient (Wildman–Crippen LogP) is 1.82. The van der Waals surface area contributed by atoms with E-state index >= 15 is 0 Å². The van der Waals surface area contributed by atoms with Crippen molar-refractivity contribution in [1.82, 2.24) is 15.5 Å². The van der Waals surface area contributed by atoms with Gasteiger partial charge in [0, 0.05) is 38.6 Å². The van der Waals surface area contributed by atoms with Crippen LogP contribution in [0.4, 0.5) is 0 Å². The summed E-state index contributed by atoms with van der Waals surface area (Å²) in [5, 5.41) is 6.58. The van der Waals surface area contributed by atoms with Gasteiger partial charge in [-0.2, -0.15) is 0 Å². The molecule has 0 spiro atoms. The standard InChI is InChI=1S/C17H25N3O/c1-13(21)19-15-7-10-20(11-8-15)17-6-9-18-12-14-4-2-3-5-16(14)17/h2-5,15,17-18H,6-12H2,1H3,(H,19,21). The molecule has 2 N–H and O–H groups in total. The number of hydrogen-bond donors (Lipinski definition) is 2. The van der Waals surface area contributed by atoms with Crippen LogP contribution < -0.4 is 10.6 Å². The first-order valence-electron chi connectivity index (χ1n) is 8.03. The Kier molecular flexibility index (Phi) is 4.56. The summed E-state index contributed by atoms with van der Waals surface area (Å²) in [5.41, 5.74) is 2.92. The molecule has 1 aromatic carbocycles. The molecule has 4 heteroatoms. The van der Waals surface area contributed by atoms with Gasteiger partial charge in [0.2, 0.25) is 5.91 Å². The lowest BCUT2D eigenvalue weighted by molar-refractivity contribution is -0.120.